The third-order valence-electron chi connectivity index (χ3n) is 2.29. The van der Waals surface area contributed by atoms with E-state index in [1.54, 1.807) is 23.0 Å². The molecule has 7 heteroatoms. The van der Waals surface area contributed by atoms with Crippen LogP contribution in [0.15, 0.2) is 39.5 Å². The lowest BCUT2D eigenvalue weighted by atomic mass is 10.2. The van der Waals surface area contributed by atoms with E-state index in [1.165, 1.54) is 23.5 Å². The van der Waals surface area contributed by atoms with E-state index in [0.29, 0.717) is 15.6 Å². The molecule has 0 aliphatic heterocycles. The second kappa shape index (κ2) is 5.45. The molecule has 0 atom stereocenters. The maximum Gasteiger partial charge on any atom is 0.337 e. The fourth-order valence-electron chi connectivity index (χ4n) is 1.44. The molecule has 0 aliphatic rings. The number of carboxylic acids is 1. The number of aryl methyl sites for hydroxylation is 1. The van der Waals surface area contributed by atoms with Gasteiger partial charge in [0.1, 0.15) is 6.33 Å². The summed E-state index contributed by atoms with van der Waals surface area (Å²) < 4.78 is 1.75. The van der Waals surface area contributed by atoms with Gasteiger partial charge in [-0.2, -0.15) is 0 Å². The van der Waals surface area contributed by atoms with Crippen LogP contribution in [-0.4, -0.2) is 32.1 Å². The molecule has 0 fully saturated rings. The van der Waals surface area contributed by atoms with Gasteiger partial charge in [-0.1, -0.05) is 6.07 Å². The standard InChI is InChI=1S/C11H11N3O2S2/c1-14-6-12-13-11(14)18-8-5-3-4-7(17-2)9(8)10(15)16/h3-6H,1-2H3,(H,15,16). The molecule has 0 aliphatic carbocycles. The summed E-state index contributed by atoms with van der Waals surface area (Å²) in [4.78, 5) is 12.8. The molecule has 0 spiro atoms. The lowest BCUT2D eigenvalue weighted by Crippen LogP contribution is -2.02. The van der Waals surface area contributed by atoms with E-state index in [9.17, 15) is 9.90 Å². The molecule has 0 saturated carbocycles. The first-order valence-corrected chi connectivity index (χ1v) is 7.09. The summed E-state index contributed by atoms with van der Waals surface area (Å²) in [6, 6.07) is 5.42. The third-order valence-corrected chi connectivity index (χ3v) is 4.19. The Kier molecular flexibility index (Phi) is 3.93. The molecule has 18 heavy (non-hydrogen) atoms. The van der Waals surface area contributed by atoms with Crippen LogP contribution in [0.4, 0.5) is 0 Å². The summed E-state index contributed by atoms with van der Waals surface area (Å²) in [7, 11) is 1.82. The zero-order valence-corrected chi connectivity index (χ0v) is 11.5. The van der Waals surface area contributed by atoms with Gasteiger partial charge < -0.3 is 9.67 Å². The Labute approximate surface area is 113 Å². The van der Waals surface area contributed by atoms with E-state index in [1.807, 2.05) is 19.4 Å². The average molecular weight is 281 g/mol. The van der Waals surface area contributed by atoms with Gasteiger partial charge in [0.15, 0.2) is 5.16 Å². The summed E-state index contributed by atoms with van der Waals surface area (Å²) in [5.74, 6) is -0.926. The van der Waals surface area contributed by atoms with Crippen molar-refractivity contribution in [3.8, 4) is 0 Å². The van der Waals surface area contributed by atoms with E-state index in [4.69, 9.17) is 0 Å². The Bertz CT molecular complexity index is 583. The number of rotatable bonds is 4. The van der Waals surface area contributed by atoms with Crippen molar-refractivity contribution in [1.82, 2.24) is 14.8 Å². The molecule has 1 heterocycles. The molecule has 2 aromatic rings. The minimum absolute atomic E-state index is 0.318. The first-order chi connectivity index (χ1) is 8.63. The number of carboxylic acid groups (broad SMARTS) is 1. The second-order valence-corrected chi connectivity index (χ2v) is 5.32. The maximum atomic E-state index is 11.3. The fourth-order valence-corrected chi connectivity index (χ4v) is 3.04. The molecule has 1 aromatic carbocycles. The Morgan fingerprint density at radius 3 is 2.67 bits per heavy atom. The predicted octanol–water partition coefficient (Wildman–Crippen LogP) is 2.39. The quantitative estimate of drug-likeness (QED) is 0.868. The molecule has 2 rings (SSSR count). The van der Waals surface area contributed by atoms with Gasteiger partial charge in [0.05, 0.1) is 5.56 Å². The van der Waals surface area contributed by atoms with Gasteiger partial charge in [-0.3, -0.25) is 0 Å². The van der Waals surface area contributed by atoms with E-state index in [0.717, 1.165) is 4.90 Å². The van der Waals surface area contributed by atoms with Gasteiger partial charge in [-0.05, 0) is 30.2 Å². The highest BCUT2D eigenvalue weighted by atomic mass is 32.2. The Morgan fingerprint density at radius 2 is 2.11 bits per heavy atom. The lowest BCUT2D eigenvalue weighted by molar-refractivity contribution is 0.0689. The molecule has 1 N–H and O–H groups in total. The summed E-state index contributed by atoms with van der Waals surface area (Å²) >= 11 is 2.72. The molecule has 0 unspecified atom stereocenters. The van der Waals surface area contributed by atoms with E-state index in [-0.39, 0.29) is 0 Å². The number of carbonyl (C=O) groups is 1. The first-order valence-electron chi connectivity index (χ1n) is 5.05. The van der Waals surface area contributed by atoms with E-state index in [2.05, 4.69) is 10.2 Å². The number of aromatic carboxylic acids is 1. The SMILES string of the molecule is CSc1cccc(Sc2nncn2C)c1C(=O)O. The zero-order chi connectivity index (χ0) is 13.1. The zero-order valence-electron chi connectivity index (χ0n) is 9.82. The van der Waals surface area contributed by atoms with E-state index >= 15 is 0 Å². The molecule has 0 amide bonds. The number of benzene rings is 1. The Hall–Kier alpha value is -1.47. The van der Waals surface area contributed by atoms with Crippen molar-refractivity contribution in [2.24, 2.45) is 7.05 Å². The number of hydrogen-bond donors (Lipinski definition) is 1. The van der Waals surface area contributed by atoms with Crippen LogP contribution in [0.25, 0.3) is 0 Å². The maximum absolute atomic E-state index is 11.3. The Balaban J connectivity index is 2.44. The van der Waals surface area contributed by atoms with Crippen LogP contribution < -0.4 is 0 Å². The minimum Gasteiger partial charge on any atom is -0.478 e. The molecule has 0 saturated heterocycles. The van der Waals surface area contributed by atoms with Gasteiger partial charge in [-0.15, -0.1) is 22.0 Å². The normalized spacial score (nSPS) is 10.6. The van der Waals surface area contributed by atoms with Crippen LogP contribution in [-0.2, 0) is 7.05 Å². The first kappa shape index (κ1) is 13.0. The molecule has 1 aromatic heterocycles. The highest BCUT2D eigenvalue weighted by molar-refractivity contribution is 7.99. The topological polar surface area (TPSA) is 68.0 Å². The fraction of sp³-hybridized carbons (Fsp3) is 0.182. The summed E-state index contributed by atoms with van der Waals surface area (Å²) in [5.41, 5.74) is 0.318. The van der Waals surface area contributed by atoms with E-state index < -0.39 is 5.97 Å². The second-order valence-electron chi connectivity index (χ2n) is 3.47. The number of aromatic nitrogens is 3. The van der Waals surface area contributed by atoms with Crippen molar-refractivity contribution < 1.29 is 9.90 Å². The molecule has 0 bridgehead atoms. The summed E-state index contributed by atoms with van der Waals surface area (Å²) in [6.07, 6.45) is 3.44. The molecule has 0 radical (unpaired) electrons. The van der Waals surface area contributed by atoms with Crippen molar-refractivity contribution in [2.45, 2.75) is 14.9 Å². The molecule has 5 nitrogen and oxygen atoms in total. The number of thioether (sulfide) groups is 1. The van der Waals surface area contributed by atoms with Crippen molar-refractivity contribution >= 4 is 29.5 Å². The Morgan fingerprint density at radius 1 is 1.39 bits per heavy atom. The highest BCUT2D eigenvalue weighted by Crippen LogP contribution is 2.33. The number of nitrogens with zero attached hydrogens (tertiary/aromatic N) is 3. The van der Waals surface area contributed by atoms with Crippen molar-refractivity contribution in [3.63, 3.8) is 0 Å². The molecule has 94 valence electrons. The largest absolute Gasteiger partial charge is 0.478 e. The van der Waals surface area contributed by atoms with Crippen molar-refractivity contribution in [1.29, 1.82) is 0 Å². The van der Waals surface area contributed by atoms with Crippen LogP contribution in [0.2, 0.25) is 0 Å². The molecular formula is C11H11N3O2S2. The van der Waals surface area contributed by atoms with Crippen molar-refractivity contribution in [2.75, 3.05) is 6.26 Å². The predicted molar refractivity (Wildman–Crippen MR) is 70.3 cm³/mol. The van der Waals surface area contributed by atoms with Crippen LogP contribution >= 0.6 is 23.5 Å². The van der Waals surface area contributed by atoms with Gasteiger partial charge in [0.2, 0.25) is 0 Å². The van der Waals surface area contributed by atoms with Gasteiger partial charge in [-0.25, -0.2) is 4.79 Å². The van der Waals surface area contributed by atoms with Crippen LogP contribution in [0.1, 0.15) is 10.4 Å². The van der Waals surface area contributed by atoms with Gasteiger partial charge >= 0.3 is 5.97 Å². The summed E-state index contributed by atoms with van der Waals surface area (Å²) in [5, 5.41) is 17.7. The molecular weight excluding hydrogens is 270 g/mol. The van der Waals surface area contributed by atoms with Crippen LogP contribution in [0.5, 0.6) is 0 Å². The highest BCUT2D eigenvalue weighted by Gasteiger charge is 2.17. The number of hydrogen-bond acceptors (Lipinski definition) is 5. The average Bonchev–Trinajstić information content (AvgIpc) is 2.74. The minimum atomic E-state index is -0.926. The monoisotopic (exact) mass is 281 g/mol. The van der Waals surface area contributed by atoms with Gasteiger partial charge in [0, 0.05) is 16.8 Å². The van der Waals surface area contributed by atoms with Crippen LogP contribution in [0, 0.1) is 0 Å². The van der Waals surface area contributed by atoms with Gasteiger partial charge in [0.25, 0.3) is 0 Å². The van der Waals surface area contributed by atoms with Crippen molar-refractivity contribution in [3.05, 3.63) is 30.1 Å². The lowest BCUT2D eigenvalue weighted by Gasteiger charge is -2.08. The summed E-state index contributed by atoms with van der Waals surface area (Å²) in [6.45, 7) is 0. The third kappa shape index (κ3) is 2.51. The van der Waals surface area contributed by atoms with Crippen LogP contribution in [0.3, 0.4) is 0 Å². The smallest absolute Gasteiger partial charge is 0.337 e.